The molecule has 0 bridgehead atoms. The van der Waals surface area contributed by atoms with Crippen LogP contribution in [0.5, 0.6) is 0 Å². The van der Waals surface area contributed by atoms with Crippen LogP contribution in [-0.2, 0) is 17.8 Å². The van der Waals surface area contributed by atoms with E-state index in [2.05, 4.69) is 21.6 Å². The van der Waals surface area contributed by atoms with Crippen molar-refractivity contribution in [3.63, 3.8) is 0 Å². The summed E-state index contributed by atoms with van der Waals surface area (Å²) in [6.07, 6.45) is -1.14. The van der Waals surface area contributed by atoms with Crippen LogP contribution in [0.25, 0.3) is 0 Å². The first-order valence-corrected chi connectivity index (χ1v) is 13.3. The number of nitrogens with zero attached hydrogens (tertiary/aromatic N) is 2. The molecule has 1 saturated carbocycles. The monoisotopic (exact) mass is 516 g/mol. The number of halogens is 3. The maximum atomic E-state index is 14.3. The van der Waals surface area contributed by atoms with Crippen molar-refractivity contribution in [3.05, 3.63) is 59.2 Å². The second kappa shape index (κ2) is 11.3. The van der Waals surface area contributed by atoms with E-state index in [4.69, 9.17) is 0 Å². The lowest BCUT2D eigenvalue weighted by Crippen LogP contribution is -2.43. The van der Waals surface area contributed by atoms with Gasteiger partial charge in [0.15, 0.2) is 6.04 Å². The standard InChI is InChI=1S/C29H39F3N4O/c1-19(2)36(20(3)4)26-11-6-5-9-24(26)28(29(30,31)32)34-27(37)16-33-25-10-7-8-22-18-35(15-14-23(22)25)17-21-12-13-21/h5-11,19-21,28,33H,12-18H2,1-4H3,(H,34,37). The first kappa shape index (κ1) is 27.3. The minimum atomic E-state index is -4.64. The summed E-state index contributed by atoms with van der Waals surface area (Å²) in [7, 11) is 0. The first-order chi connectivity index (χ1) is 17.5. The minimum absolute atomic E-state index is 0.00291. The molecule has 2 aromatic carbocycles. The van der Waals surface area contributed by atoms with Crippen molar-refractivity contribution in [1.82, 2.24) is 10.2 Å². The van der Waals surface area contributed by atoms with Crippen LogP contribution in [0.4, 0.5) is 24.5 Å². The van der Waals surface area contributed by atoms with E-state index in [1.54, 1.807) is 18.2 Å². The number of carbonyl (C=O) groups excluding carboxylic acids is 1. The van der Waals surface area contributed by atoms with Crippen LogP contribution in [0.2, 0.25) is 0 Å². The van der Waals surface area contributed by atoms with Gasteiger partial charge in [-0.05, 0) is 76.1 Å². The predicted molar refractivity (Wildman–Crippen MR) is 143 cm³/mol. The highest BCUT2D eigenvalue weighted by Gasteiger charge is 2.43. The van der Waals surface area contributed by atoms with Crippen molar-refractivity contribution in [2.75, 3.05) is 29.9 Å². The Kier molecular flexibility index (Phi) is 8.36. The Balaban J connectivity index is 1.47. The number of fused-ring (bicyclic) bond motifs is 1. The maximum absolute atomic E-state index is 14.3. The molecule has 0 spiro atoms. The molecule has 0 radical (unpaired) electrons. The second-order valence-electron chi connectivity index (χ2n) is 10.9. The molecular formula is C29H39F3N4O. The number of hydrogen-bond donors (Lipinski definition) is 2. The van der Waals surface area contributed by atoms with Gasteiger partial charge in [0.05, 0.1) is 6.54 Å². The van der Waals surface area contributed by atoms with Gasteiger partial charge < -0.3 is 15.5 Å². The molecule has 1 aliphatic carbocycles. The van der Waals surface area contributed by atoms with Crippen LogP contribution in [0.1, 0.15) is 63.3 Å². The molecule has 2 aliphatic rings. The number of benzene rings is 2. The van der Waals surface area contributed by atoms with Crippen LogP contribution in [0, 0.1) is 5.92 Å². The SMILES string of the molecule is CC(C)N(c1ccccc1C(NC(=O)CNc1cccc2c1CCN(CC1CC1)C2)C(F)(F)F)C(C)C. The molecular weight excluding hydrogens is 477 g/mol. The normalized spacial score (nSPS) is 17.0. The van der Waals surface area contributed by atoms with Crippen molar-refractivity contribution in [2.24, 2.45) is 5.92 Å². The number of anilines is 2. The lowest BCUT2D eigenvalue weighted by atomic mass is 9.97. The summed E-state index contributed by atoms with van der Waals surface area (Å²) in [5, 5.41) is 5.39. The Morgan fingerprint density at radius 2 is 1.76 bits per heavy atom. The zero-order valence-electron chi connectivity index (χ0n) is 22.2. The molecule has 8 heteroatoms. The van der Waals surface area contributed by atoms with Gasteiger partial charge in [-0.2, -0.15) is 13.2 Å². The Morgan fingerprint density at radius 1 is 1.05 bits per heavy atom. The van der Waals surface area contributed by atoms with Crippen LogP contribution in [-0.4, -0.2) is 48.7 Å². The average molecular weight is 517 g/mol. The lowest BCUT2D eigenvalue weighted by molar-refractivity contribution is -0.162. The zero-order chi connectivity index (χ0) is 26.7. The smallest absolute Gasteiger partial charge is 0.376 e. The van der Waals surface area contributed by atoms with Gasteiger partial charge in [-0.3, -0.25) is 9.69 Å². The van der Waals surface area contributed by atoms with Crippen LogP contribution in [0.15, 0.2) is 42.5 Å². The molecule has 5 nitrogen and oxygen atoms in total. The highest BCUT2D eigenvalue weighted by molar-refractivity contribution is 5.82. The molecule has 4 rings (SSSR count). The maximum Gasteiger partial charge on any atom is 0.412 e. The molecule has 1 unspecified atom stereocenters. The molecule has 1 heterocycles. The number of amides is 1. The largest absolute Gasteiger partial charge is 0.412 e. The molecule has 2 N–H and O–H groups in total. The fraction of sp³-hybridized carbons (Fsp3) is 0.552. The number of hydrogen-bond acceptors (Lipinski definition) is 4. The molecule has 202 valence electrons. The molecule has 1 amide bonds. The van der Waals surface area contributed by atoms with Crippen molar-refractivity contribution in [1.29, 1.82) is 0 Å². The summed E-state index contributed by atoms with van der Waals surface area (Å²) in [6, 6.07) is 10.3. The summed E-state index contributed by atoms with van der Waals surface area (Å²) in [5.41, 5.74) is 3.74. The van der Waals surface area contributed by atoms with Crippen LogP contribution in [0.3, 0.4) is 0 Å². The number of nitrogens with one attached hydrogen (secondary N) is 2. The fourth-order valence-electron chi connectivity index (χ4n) is 5.50. The van der Waals surface area contributed by atoms with Gasteiger partial charge in [0.2, 0.25) is 5.91 Å². The number of rotatable bonds is 10. The Labute approximate surface area is 218 Å². The highest BCUT2D eigenvalue weighted by Crippen LogP contribution is 2.39. The van der Waals surface area contributed by atoms with E-state index >= 15 is 0 Å². The quantitative estimate of drug-likeness (QED) is 0.412. The molecule has 37 heavy (non-hydrogen) atoms. The van der Waals surface area contributed by atoms with Gasteiger partial charge in [0.1, 0.15) is 0 Å². The predicted octanol–water partition coefficient (Wildman–Crippen LogP) is 5.91. The second-order valence-corrected chi connectivity index (χ2v) is 10.9. The average Bonchev–Trinajstić information content (AvgIpc) is 3.64. The lowest BCUT2D eigenvalue weighted by Gasteiger charge is -2.36. The highest BCUT2D eigenvalue weighted by atomic mass is 19.4. The third kappa shape index (κ3) is 6.78. The number of alkyl halides is 3. The Hall–Kier alpha value is -2.74. The number of para-hydroxylation sites is 1. The van der Waals surface area contributed by atoms with E-state index in [9.17, 15) is 18.0 Å². The van der Waals surface area contributed by atoms with Gasteiger partial charge in [0.25, 0.3) is 0 Å². The minimum Gasteiger partial charge on any atom is -0.376 e. The first-order valence-electron chi connectivity index (χ1n) is 13.3. The topological polar surface area (TPSA) is 47.6 Å². The van der Waals surface area contributed by atoms with Crippen molar-refractivity contribution >= 4 is 17.3 Å². The summed E-state index contributed by atoms with van der Waals surface area (Å²) < 4.78 is 42.8. The van der Waals surface area contributed by atoms with Gasteiger partial charge in [0, 0.05) is 48.7 Å². The van der Waals surface area contributed by atoms with E-state index in [1.165, 1.54) is 24.5 Å². The third-order valence-corrected chi connectivity index (χ3v) is 7.27. The van der Waals surface area contributed by atoms with E-state index in [0.717, 1.165) is 43.2 Å². The molecule has 1 aliphatic heterocycles. The van der Waals surface area contributed by atoms with E-state index < -0.39 is 18.1 Å². The summed E-state index contributed by atoms with van der Waals surface area (Å²) >= 11 is 0. The summed E-state index contributed by atoms with van der Waals surface area (Å²) in [6.45, 7) is 10.6. The van der Waals surface area contributed by atoms with Crippen LogP contribution < -0.4 is 15.5 Å². The molecule has 0 aromatic heterocycles. The van der Waals surface area contributed by atoms with Gasteiger partial charge in [-0.1, -0.05) is 30.3 Å². The van der Waals surface area contributed by atoms with E-state index in [1.807, 2.05) is 44.7 Å². The fourth-order valence-corrected chi connectivity index (χ4v) is 5.50. The molecule has 1 fully saturated rings. The van der Waals surface area contributed by atoms with Crippen molar-refractivity contribution < 1.29 is 18.0 Å². The van der Waals surface area contributed by atoms with E-state index in [-0.39, 0.29) is 24.2 Å². The number of carbonyl (C=O) groups is 1. The van der Waals surface area contributed by atoms with Crippen molar-refractivity contribution in [3.8, 4) is 0 Å². The van der Waals surface area contributed by atoms with Gasteiger partial charge in [-0.15, -0.1) is 0 Å². The molecule has 1 atom stereocenters. The molecule has 2 aromatic rings. The Bertz CT molecular complexity index is 1070. The zero-order valence-corrected chi connectivity index (χ0v) is 22.2. The van der Waals surface area contributed by atoms with Crippen LogP contribution >= 0.6 is 0 Å². The van der Waals surface area contributed by atoms with Crippen molar-refractivity contribution in [2.45, 2.75) is 77.8 Å². The van der Waals surface area contributed by atoms with Gasteiger partial charge >= 0.3 is 6.18 Å². The summed E-state index contributed by atoms with van der Waals surface area (Å²) in [5.74, 6) is 0.132. The van der Waals surface area contributed by atoms with Gasteiger partial charge in [-0.25, -0.2) is 0 Å². The Morgan fingerprint density at radius 3 is 2.41 bits per heavy atom. The third-order valence-electron chi connectivity index (χ3n) is 7.27. The molecule has 0 saturated heterocycles. The van der Waals surface area contributed by atoms with E-state index in [0.29, 0.717) is 5.69 Å². The summed E-state index contributed by atoms with van der Waals surface area (Å²) in [4.78, 5) is 17.3.